The predicted molar refractivity (Wildman–Crippen MR) is 73.8 cm³/mol. The van der Waals surface area contributed by atoms with Crippen molar-refractivity contribution in [2.75, 3.05) is 33.2 Å². The second-order valence-electron chi connectivity index (χ2n) is 5.19. The minimum Gasteiger partial charge on any atom is -0.317 e. The van der Waals surface area contributed by atoms with Crippen LogP contribution >= 0.6 is 0 Å². The van der Waals surface area contributed by atoms with Crippen LogP contribution in [0.25, 0.3) is 0 Å². The fraction of sp³-hybridized carbons (Fsp3) is 0.643. The molecule has 0 aliphatic carbocycles. The van der Waals surface area contributed by atoms with Crippen molar-refractivity contribution >= 4 is 0 Å². The van der Waals surface area contributed by atoms with E-state index in [9.17, 15) is 4.79 Å². The van der Waals surface area contributed by atoms with Gasteiger partial charge in [0.05, 0.1) is 0 Å². The van der Waals surface area contributed by atoms with Gasteiger partial charge >= 0.3 is 0 Å². The number of pyridine rings is 1. The highest BCUT2D eigenvalue weighted by Crippen LogP contribution is 2.12. The zero-order valence-corrected chi connectivity index (χ0v) is 11.1. The lowest BCUT2D eigenvalue weighted by atomic mass is 9.98. The molecule has 4 heteroatoms. The Hall–Kier alpha value is -1.13. The molecular weight excluding hydrogens is 226 g/mol. The quantitative estimate of drug-likeness (QED) is 0.838. The van der Waals surface area contributed by atoms with Crippen LogP contribution in [-0.2, 0) is 6.54 Å². The molecule has 1 saturated heterocycles. The van der Waals surface area contributed by atoms with Crippen LogP contribution in [0, 0.1) is 5.92 Å². The predicted octanol–water partition coefficient (Wildman–Crippen LogP) is 0.780. The van der Waals surface area contributed by atoms with E-state index in [1.807, 2.05) is 12.3 Å². The van der Waals surface area contributed by atoms with Crippen molar-refractivity contribution in [1.29, 1.82) is 0 Å². The van der Waals surface area contributed by atoms with Crippen molar-refractivity contribution in [2.45, 2.75) is 19.4 Å². The zero-order valence-electron chi connectivity index (χ0n) is 11.1. The highest BCUT2D eigenvalue weighted by atomic mass is 16.1. The number of aromatic nitrogens is 1. The fourth-order valence-electron chi connectivity index (χ4n) is 2.52. The third kappa shape index (κ3) is 3.96. The Labute approximate surface area is 109 Å². The van der Waals surface area contributed by atoms with Crippen molar-refractivity contribution in [3.63, 3.8) is 0 Å². The van der Waals surface area contributed by atoms with E-state index in [2.05, 4.69) is 17.3 Å². The van der Waals surface area contributed by atoms with Gasteiger partial charge in [0.25, 0.3) is 5.56 Å². The summed E-state index contributed by atoms with van der Waals surface area (Å²) in [4.78, 5) is 13.9. The minimum atomic E-state index is 0.0905. The molecule has 1 N–H and O–H groups in total. The summed E-state index contributed by atoms with van der Waals surface area (Å²) in [5.74, 6) is 0.809. The van der Waals surface area contributed by atoms with E-state index in [-0.39, 0.29) is 5.56 Å². The van der Waals surface area contributed by atoms with Crippen LogP contribution in [0.15, 0.2) is 29.2 Å². The summed E-state index contributed by atoms with van der Waals surface area (Å²) < 4.78 is 1.78. The standard InChI is InChI=1S/C14H23N3O/c1-16(12-13-5-7-15-8-6-13)10-11-17-9-3-2-4-14(17)18/h2-4,9,13,15H,5-8,10-12H2,1H3. The van der Waals surface area contributed by atoms with Crippen LogP contribution in [0.3, 0.4) is 0 Å². The van der Waals surface area contributed by atoms with Gasteiger partial charge in [-0.05, 0) is 45.0 Å². The van der Waals surface area contributed by atoms with Crippen LogP contribution in [0.4, 0.5) is 0 Å². The number of hydrogen-bond donors (Lipinski definition) is 1. The summed E-state index contributed by atoms with van der Waals surface area (Å²) in [6, 6.07) is 5.32. The third-order valence-electron chi connectivity index (χ3n) is 3.65. The molecule has 0 spiro atoms. The highest BCUT2D eigenvalue weighted by Gasteiger charge is 2.14. The van der Waals surface area contributed by atoms with Gasteiger partial charge in [0.2, 0.25) is 0 Å². The molecule has 0 radical (unpaired) electrons. The van der Waals surface area contributed by atoms with E-state index in [1.54, 1.807) is 16.7 Å². The van der Waals surface area contributed by atoms with E-state index >= 15 is 0 Å². The molecule has 1 aliphatic heterocycles. The van der Waals surface area contributed by atoms with E-state index in [4.69, 9.17) is 0 Å². The summed E-state index contributed by atoms with van der Waals surface area (Å²) in [5, 5.41) is 3.39. The van der Waals surface area contributed by atoms with Gasteiger partial charge in [-0.15, -0.1) is 0 Å². The van der Waals surface area contributed by atoms with E-state index < -0.39 is 0 Å². The molecule has 0 unspecified atom stereocenters. The van der Waals surface area contributed by atoms with Gasteiger partial charge in [0, 0.05) is 31.9 Å². The van der Waals surface area contributed by atoms with Crippen LogP contribution in [-0.4, -0.2) is 42.7 Å². The largest absolute Gasteiger partial charge is 0.317 e. The van der Waals surface area contributed by atoms with Crippen LogP contribution < -0.4 is 10.9 Å². The molecule has 18 heavy (non-hydrogen) atoms. The Morgan fingerprint density at radius 2 is 2.17 bits per heavy atom. The van der Waals surface area contributed by atoms with Crippen LogP contribution in [0.2, 0.25) is 0 Å². The van der Waals surface area contributed by atoms with Crippen molar-refractivity contribution < 1.29 is 0 Å². The molecule has 2 heterocycles. The average Bonchev–Trinajstić information content (AvgIpc) is 2.39. The van der Waals surface area contributed by atoms with Gasteiger partial charge < -0.3 is 14.8 Å². The lowest BCUT2D eigenvalue weighted by molar-refractivity contribution is 0.233. The number of rotatable bonds is 5. The SMILES string of the molecule is CN(CCn1ccccc1=O)CC1CCNCC1. The maximum Gasteiger partial charge on any atom is 0.250 e. The van der Waals surface area contributed by atoms with Gasteiger partial charge in [-0.2, -0.15) is 0 Å². The van der Waals surface area contributed by atoms with Gasteiger partial charge in [-0.3, -0.25) is 4.79 Å². The molecule has 100 valence electrons. The topological polar surface area (TPSA) is 37.3 Å². The summed E-state index contributed by atoms with van der Waals surface area (Å²) in [7, 11) is 2.15. The molecule has 0 bridgehead atoms. The molecular formula is C14H23N3O. The molecule has 1 fully saturated rings. The maximum atomic E-state index is 11.6. The number of hydrogen-bond acceptors (Lipinski definition) is 3. The lowest BCUT2D eigenvalue weighted by Crippen LogP contribution is -2.36. The first-order valence-electron chi connectivity index (χ1n) is 6.80. The summed E-state index contributed by atoms with van der Waals surface area (Å²) in [6.07, 6.45) is 4.41. The van der Waals surface area contributed by atoms with Gasteiger partial charge in [0.15, 0.2) is 0 Å². The van der Waals surface area contributed by atoms with Crippen LogP contribution in [0.5, 0.6) is 0 Å². The Morgan fingerprint density at radius 3 is 2.89 bits per heavy atom. The second kappa shape index (κ2) is 6.71. The third-order valence-corrected chi connectivity index (χ3v) is 3.65. The monoisotopic (exact) mass is 249 g/mol. The molecule has 0 atom stereocenters. The summed E-state index contributed by atoms with van der Waals surface area (Å²) in [5.41, 5.74) is 0.0905. The smallest absolute Gasteiger partial charge is 0.250 e. The minimum absolute atomic E-state index is 0.0905. The van der Waals surface area contributed by atoms with E-state index in [0.29, 0.717) is 0 Å². The molecule has 1 aliphatic rings. The van der Waals surface area contributed by atoms with E-state index in [0.717, 1.165) is 38.6 Å². The Kier molecular flexibility index (Phi) is 4.96. The lowest BCUT2D eigenvalue weighted by Gasteiger charge is -2.27. The molecule has 4 nitrogen and oxygen atoms in total. The average molecular weight is 249 g/mol. The molecule has 2 rings (SSSR count). The first-order valence-corrected chi connectivity index (χ1v) is 6.80. The Bertz CT molecular complexity index is 410. The fourth-order valence-corrected chi connectivity index (χ4v) is 2.52. The van der Waals surface area contributed by atoms with Crippen molar-refractivity contribution in [3.8, 4) is 0 Å². The van der Waals surface area contributed by atoms with Crippen LogP contribution in [0.1, 0.15) is 12.8 Å². The van der Waals surface area contributed by atoms with Crippen molar-refractivity contribution in [1.82, 2.24) is 14.8 Å². The summed E-state index contributed by atoms with van der Waals surface area (Å²) >= 11 is 0. The first kappa shape index (κ1) is 13.3. The van der Waals surface area contributed by atoms with Crippen molar-refractivity contribution in [2.24, 2.45) is 5.92 Å². The number of nitrogens with one attached hydrogen (secondary N) is 1. The van der Waals surface area contributed by atoms with Gasteiger partial charge in [-0.25, -0.2) is 0 Å². The van der Waals surface area contributed by atoms with Gasteiger partial charge in [-0.1, -0.05) is 6.07 Å². The second-order valence-corrected chi connectivity index (χ2v) is 5.19. The normalized spacial score (nSPS) is 17.2. The Balaban J connectivity index is 1.76. The van der Waals surface area contributed by atoms with Gasteiger partial charge in [0.1, 0.15) is 0 Å². The molecule has 0 aromatic carbocycles. The maximum absolute atomic E-state index is 11.6. The summed E-state index contributed by atoms with van der Waals surface area (Å²) in [6.45, 7) is 5.16. The van der Waals surface area contributed by atoms with Crippen molar-refractivity contribution in [3.05, 3.63) is 34.7 Å². The zero-order chi connectivity index (χ0) is 12.8. The number of piperidine rings is 1. The molecule has 1 aromatic rings. The number of nitrogens with zero attached hydrogens (tertiary/aromatic N) is 2. The molecule has 0 saturated carbocycles. The molecule has 1 aromatic heterocycles. The van der Waals surface area contributed by atoms with E-state index in [1.165, 1.54) is 12.8 Å². The Morgan fingerprint density at radius 1 is 1.39 bits per heavy atom. The number of likely N-dealkylation sites (N-methyl/N-ethyl adjacent to an activating group) is 1. The molecule has 0 amide bonds. The first-order chi connectivity index (χ1) is 8.75. The highest BCUT2D eigenvalue weighted by molar-refractivity contribution is 4.93.